The molecular formula is C24H27NO3. The lowest BCUT2D eigenvalue weighted by Crippen LogP contribution is -2.29. The number of carbonyl (C=O) groups is 1. The van der Waals surface area contributed by atoms with Crippen LogP contribution in [0.25, 0.3) is 5.57 Å². The van der Waals surface area contributed by atoms with Gasteiger partial charge in [0.15, 0.2) is 0 Å². The number of aliphatic carboxylic acids is 1. The first kappa shape index (κ1) is 18.8. The molecule has 2 aliphatic heterocycles. The van der Waals surface area contributed by atoms with Crippen LogP contribution < -0.4 is 4.74 Å². The SMILES string of the molecule is CN1CCC(C/C=C2\c3ccccc3COc3ccc(CC(=O)O)cc32)CC1. The zero-order valence-electron chi connectivity index (χ0n) is 16.4. The third kappa shape index (κ3) is 4.12. The predicted octanol–water partition coefficient (Wildman–Crippen LogP) is 4.37. The van der Waals surface area contributed by atoms with Gasteiger partial charge in [-0.15, -0.1) is 0 Å². The van der Waals surface area contributed by atoms with Crippen LogP contribution in [0.4, 0.5) is 0 Å². The smallest absolute Gasteiger partial charge is 0.307 e. The molecule has 4 nitrogen and oxygen atoms in total. The van der Waals surface area contributed by atoms with Crippen LogP contribution in [0.1, 0.15) is 41.5 Å². The number of benzene rings is 2. The summed E-state index contributed by atoms with van der Waals surface area (Å²) in [5, 5.41) is 9.20. The number of ether oxygens (including phenoxy) is 1. The molecule has 0 unspecified atom stereocenters. The van der Waals surface area contributed by atoms with Gasteiger partial charge < -0.3 is 14.7 Å². The average molecular weight is 377 g/mol. The van der Waals surface area contributed by atoms with Crippen molar-refractivity contribution in [3.63, 3.8) is 0 Å². The van der Waals surface area contributed by atoms with E-state index in [-0.39, 0.29) is 6.42 Å². The van der Waals surface area contributed by atoms with E-state index in [1.807, 2.05) is 24.3 Å². The lowest BCUT2D eigenvalue weighted by molar-refractivity contribution is -0.136. The molecule has 2 aromatic rings. The third-order valence-electron chi connectivity index (χ3n) is 5.87. The molecule has 4 heteroatoms. The normalized spacial score (nSPS) is 18.8. The number of hydrogen-bond donors (Lipinski definition) is 1. The highest BCUT2D eigenvalue weighted by Crippen LogP contribution is 2.38. The maximum Gasteiger partial charge on any atom is 0.307 e. The van der Waals surface area contributed by atoms with Gasteiger partial charge in [-0.25, -0.2) is 0 Å². The Balaban J connectivity index is 1.72. The standard InChI is InChI=1S/C24H27NO3/c1-25-12-10-17(11-13-25)6-8-21-20-5-3-2-4-19(20)16-28-23-9-7-18(14-22(21)23)15-24(26)27/h2-5,7-9,14,17H,6,10-13,15-16H2,1H3,(H,26,27)/b21-8+. The summed E-state index contributed by atoms with van der Waals surface area (Å²) in [6.07, 6.45) is 5.87. The van der Waals surface area contributed by atoms with E-state index >= 15 is 0 Å². The number of allylic oxidation sites excluding steroid dienone is 1. The summed E-state index contributed by atoms with van der Waals surface area (Å²) in [7, 11) is 2.19. The van der Waals surface area contributed by atoms with E-state index < -0.39 is 5.97 Å². The van der Waals surface area contributed by atoms with E-state index in [9.17, 15) is 9.90 Å². The van der Waals surface area contributed by atoms with Crippen LogP contribution in [-0.4, -0.2) is 36.1 Å². The molecular weight excluding hydrogens is 350 g/mol. The molecule has 0 aromatic heterocycles. The Morgan fingerprint density at radius 3 is 2.75 bits per heavy atom. The monoisotopic (exact) mass is 377 g/mol. The fourth-order valence-corrected chi connectivity index (χ4v) is 4.21. The van der Waals surface area contributed by atoms with Crippen molar-refractivity contribution >= 4 is 11.5 Å². The quantitative estimate of drug-likeness (QED) is 0.860. The molecule has 1 saturated heterocycles. The van der Waals surface area contributed by atoms with Crippen LogP contribution >= 0.6 is 0 Å². The first-order chi connectivity index (χ1) is 13.6. The molecule has 0 bridgehead atoms. The van der Waals surface area contributed by atoms with Crippen LogP contribution in [0, 0.1) is 5.92 Å². The zero-order chi connectivity index (χ0) is 19.5. The maximum absolute atomic E-state index is 11.2. The molecule has 2 aliphatic rings. The summed E-state index contributed by atoms with van der Waals surface area (Å²) in [5.74, 6) is 0.720. The summed E-state index contributed by atoms with van der Waals surface area (Å²) < 4.78 is 6.08. The molecule has 1 fully saturated rings. The second kappa shape index (κ2) is 8.19. The number of piperidine rings is 1. The Morgan fingerprint density at radius 1 is 1.18 bits per heavy atom. The number of carboxylic acids is 1. The van der Waals surface area contributed by atoms with Gasteiger partial charge in [-0.2, -0.15) is 0 Å². The number of fused-ring (bicyclic) bond motifs is 2. The minimum absolute atomic E-state index is 0.0250. The molecule has 2 aromatic carbocycles. The number of nitrogens with zero attached hydrogens (tertiary/aromatic N) is 1. The Labute approximate surface area is 166 Å². The van der Waals surface area contributed by atoms with Crippen LogP contribution in [0.15, 0.2) is 48.5 Å². The second-order valence-corrected chi connectivity index (χ2v) is 7.95. The van der Waals surface area contributed by atoms with E-state index in [4.69, 9.17) is 4.74 Å². The molecule has 4 rings (SSSR count). The third-order valence-corrected chi connectivity index (χ3v) is 5.87. The Kier molecular flexibility index (Phi) is 5.49. The zero-order valence-corrected chi connectivity index (χ0v) is 16.4. The van der Waals surface area contributed by atoms with E-state index in [1.54, 1.807) is 0 Å². The molecule has 1 N–H and O–H groups in total. The highest BCUT2D eigenvalue weighted by molar-refractivity contribution is 5.85. The van der Waals surface area contributed by atoms with Crippen molar-refractivity contribution in [1.82, 2.24) is 4.90 Å². The van der Waals surface area contributed by atoms with Crippen molar-refractivity contribution in [1.29, 1.82) is 0 Å². The minimum atomic E-state index is -0.813. The first-order valence-corrected chi connectivity index (χ1v) is 10.0. The first-order valence-electron chi connectivity index (χ1n) is 10.0. The van der Waals surface area contributed by atoms with Gasteiger partial charge in [-0.05, 0) is 79.7 Å². The molecule has 0 aliphatic carbocycles. The van der Waals surface area contributed by atoms with E-state index in [1.165, 1.54) is 29.5 Å². The Bertz CT molecular complexity index is 894. The lowest BCUT2D eigenvalue weighted by atomic mass is 9.88. The minimum Gasteiger partial charge on any atom is -0.488 e. The number of hydrogen-bond acceptors (Lipinski definition) is 3. The van der Waals surface area contributed by atoms with Gasteiger partial charge >= 0.3 is 5.97 Å². The van der Waals surface area contributed by atoms with Gasteiger partial charge in [0.2, 0.25) is 0 Å². The summed E-state index contributed by atoms with van der Waals surface area (Å²) in [6.45, 7) is 2.85. The molecule has 28 heavy (non-hydrogen) atoms. The Hall–Kier alpha value is -2.59. The van der Waals surface area contributed by atoms with Gasteiger partial charge in [0.25, 0.3) is 0 Å². The highest BCUT2D eigenvalue weighted by Gasteiger charge is 2.21. The van der Waals surface area contributed by atoms with Gasteiger partial charge in [0.1, 0.15) is 12.4 Å². The fraction of sp³-hybridized carbons (Fsp3) is 0.375. The van der Waals surface area contributed by atoms with Gasteiger partial charge in [0.05, 0.1) is 6.42 Å². The topological polar surface area (TPSA) is 49.8 Å². The molecule has 0 amide bonds. The largest absolute Gasteiger partial charge is 0.488 e. The highest BCUT2D eigenvalue weighted by atomic mass is 16.5. The molecule has 146 valence electrons. The summed E-state index contributed by atoms with van der Waals surface area (Å²) in [5.41, 5.74) is 5.36. The van der Waals surface area contributed by atoms with E-state index in [0.717, 1.165) is 36.4 Å². The van der Waals surface area contributed by atoms with E-state index in [2.05, 4.69) is 36.2 Å². The predicted molar refractivity (Wildman–Crippen MR) is 110 cm³/mol. The van der Waals surface area contributed by atoms with Gasteiger partial charge in [-0.3, -0.25) is 4.79 Å². The summed E-state index contributed by atoms with van der Waals surface area (Å²) in [6, 6.07) is 14.1. The summed E-state index contributed by atoms with van der Waals surface area (Å²) in [4.78, 5) is 13.6. The van der Waals surface area contributed by atoms with Crippen molar-refractivity contribution in [2.24, 2.45) is 5.92 Å². The molecule has 0 saturated carbocycles. The average Bonchev–Trinajstić information content (AvgIpc) is 2.84. The molecule has 0 atom stereocenters. The van der Waals surface area contributed by atoms with Crippen LogP contribution in [0.2, 0.25) is 0 Å². The van der Waals surface area contributed by atoms with Crippen molar-refractivity contribution < 1.29 is 14.6 Å². The van der Waals surface area contributed by atoms with Crippen molar-refractivity contribution in [3.8, 4) is 5.75 Å². The lowest BCUT2D eigenvalue weighted by Gasteiger charge is -2.28. The van der Waals surface area contributed by atoms with Crippen LogP contribution in [0.5, 0.6) is 5.75 Å². The number of carboxylic acid groups (broad SMARTS) is 1. The molecule has 0 radical (unpaired) electrons. The van der Waals surface area contributed by atoms with Gasteiger partial charge in [-0.1, -0.05) is 36.4 Å². The number of likely N-dealkylation sites (tertiary alicyclic amines) is 1. The van der Waals surface area contributed by atoms with Crippen molar-refractivity contribution in [2.45, 2.75) is 32.3 Å². The van der Waals surface area contributed by atoms with Crippen molar-refractivity contribution in [3.05, 3.63) is 70.8 Å². The van der Waals surface area contributed by atoms with E-state index in [0.29, 0.717) is 12.5 Å². The number of rotatable bonds is 4. The second-order valence-electron chi connectivity index (χ2n) is 7.95. The fourth-order valence-electron chi connectivity index (χ4n) is 4.21. The van der Waals surface area contributed by atoms with Crippen LogP contribution in [-0.2, 0) is 17.8 Å². The van der Waals surface area contributed by atoms with Crippen LogP contribution in [0.3, 0.4) is 0 Å². The summed E-state index contributed by atoms with van der Waals surface area (Å²) >= 11 is 0. The maximum atomic E-state index is 11.2. The van der Waals surface area contributed by atoms with Crippen molar-refractivity contribution in [2.75, 3.05) is 20.1 Å². The molecule has 2 heterocycles. The van der Waals surface area contributed by atoms with Gasteiger partial charge in [0, 0.05) is 5.56 Å². The Morgan fingerprint density at radius 2 is 1.96 bits per heavy atom. The molecule has 0 spiro atoms.